The Morgan fingerprint density at radius 3 is 0.403 bits per heavy atom. The average Bonchev–Trinajstić information content (AvgIpc) is 4.01. The minimum atomic E-state index is 1.10. The van der Waals surface area contributed by atoms with Crippen LogP contribution in [0.1, 0.15) is 188 Å². The second-order valence-corrected chi connectivity index (χ2v) is 9.29. The zero-order valence-electron chi connectivity index (χ0n) is 45.6. The van der Waals surface area contributed by atoms with Crippen LogP contribution < -0.4 is 0 Å². The van der Waals surface area contributed by atoms with Crippen molar-refractivity contribution < 1.29 is 0 Å². The Morgan fingerprint density at radius 2 is 0.274 bits per heavy atom. The minimum Gasteiger partial charge on any atom is -0.0683 e. The fraction of sp³-hybridized carbons (Fsp3) is 0.419. The second kappa shape index (κ2) is 70.9. The zero-order chi connectivity index (χ0) is 49.8. The molecule has 0 saturated carbocycles. The van der Waals surface area contributed by atoms with Crippen LogP contribution in [0.3, 0.4) is 0 Å². The lowest BCUT2D eigenvalue weighted by molar-refractivity contribution is 1.26. The van der Waals surface area contributed by atoms with Gasteiger partial charge in [0.05, 0.1) is 0 Å². The molecule has 0 N–H and O–H groups in total. The Kier molecular flexibility index (Phi) is 85.4. The fourth-order valence-corrected chi connectivity index (χ4v) is 4.93. The van der Waals surface area contributed by atoms with Crippen molar-refractivity contribution in [1.29, 1.82) is 0 Å². The standard InChI is InChI=1S/2C13H10.2C6H6.12C2H6/c2*1-3-7-12-10(5-1)9-11-6-2-4-8-13(11)12;2*1-2-4-6-5-3-1;12*1-2/h2*1-8H,9H2;2*1-6H;12*1-2H3. The first-order valence-corrected chi connectivity index (χ1v) is 25.2. The molecule has 352 valence electrons. The summed E-state index contributed by atoms with van der Waals surface area (Å²) < 4.78 is 0. The van der Waals surface area contributed by atoms with Crippen LogP contribution in [0.2, 0.25) is 0 Å². The third kappa shape index (κ3) is 36.0. The van der Waals surface area contributed by atoms with Gasteiger partial charge in [0.15, 0.2) is 0 Å². The topological polar surface area (TPSA) is 0 Å². The molecule has 6 aromatic carbocycles. The number of benzene rings is 6. The van der Waals surface area contributed by atoms with Crippen LogP contribution in [-0.4, -0.2) is 0 Å². The second-order valence-electron chi connectivity index (χ2n) is 9.29. The molecule has 0 bridgehead atoms. The summed E-state index contributed by atoms with van der Waals surface area (Å²) in [7, 11) is 0. The summed E-state index contributed by atoms with van der Waals surface area (Å²) in [6.07, 6.45) is 2.21. The van der Waals surface area contributed by atoms with Gasteiger partial charge in [0.2, 0.25) is 0 Å². The van der Waals surface area contributed by atoms with Gasteiger partial charge in [-0.3, -0.25) is 0 Å². The van der Waals surface area contributed by atoms with Crippen LogP contribution in [0.15, 0.2) is 170 Å². The molecular formula is C62H104. The van der Waals surface area contributed by atoms with Gasteiger partial charge in [-0.25, -0.2) is 0 Å². The van der Waals surface area contributed by atoms with E-state index in [0.29, 0.717) is 0 Å². The Labute approximate surface area is 391 Å². The summed E-state index contributed by atoms with van der Waals surface area (Å²) >= 11 is 0. The molecule has 0 heterocycles. The summed E-state index contributed by atoms with van der Waals surface area (Å²) in [4.78, 5) is 0. The molecule has 62 heavy (non-hydrogen) atoms. The minimum absolute atomic E-state index is 1.10. The van der Waals surface area contributed by atoms with Crippen molar-refractivity contribution in [2.24, 2.45) is 0 Å². The van der Waals surface area contributed by atoms with Gasteiger partial charge in [-0.1, -0.05) is 336 Å². The van der Waals surface area contributed by atoms with E-state index in [4.69, 9.17) is 0 Å². The first kappa shape index (κ1) is 74.7. The highest BCUT2D eigenvalue weighted by atomic mass is 14.2. The quantitative estimate of drug-likeness (QED) is 0.143. The Hall–Kier alpha value is -4.68. The predicted octanol–water partition coefficient (Wildman–Crippen LogP) is 22.2. The highest BCUT2D eigenvalue weighted by molar-refractivity contribution is 5.77. The van der Waals surface area contributed by atoms with Crippen LogP contribution in [0.5, 0.6) is 0 Å². The lowest BCUT2D eigenvalue weighted by Gasteiger charge is -1.98. The van der Waals surface area contributed by atoms with E-state index in [1.165, 1.54) is 44.5 Å². The number of hydrogen-bond acceptors (Lipinski definition) is 0. The van der Waals surface area contributed by atoms with E-state index in [0.717, 1.165) is 12.8 Å². The Bertz CT molecular complexity index is 1290. The number of rotatable bonds is 0. The molecule has 6 aromatic rings. The van der Waals surface area contributed by atoms with Gasteiger partial charge in [0.1, 0.15) is 0 Å². The van der Waals surface area contributed by atoms with Gasteiger partial charge in [0.25, 0.3) is 0 Å². The molecule has 0 unspecified atom stereocenters. The van der Waals surface area contributed by atoms with E-state index >= 15 is 0 Å². The fourth-order valence-electron chi connectivity index (χ4n) is 4.93. The van der Waals surface area contributed by atoms with E-state index in [9.17, 15) is 0 Å². The van der Waals surface area contributed by atoms with Gasteiger partial charge < -0.3 is 0 Å². The van der Waals surface area contributed by atoms with E-state index in [1.807, 2.05) is 239 Å². The summed E-state index contributed by atoms with van der Waals surface area (Å²) in [6, 6.07) is 58.6. The van der Waals surface area contributed by atoms with Crippen molar-refractivity contribution in [3.8, 4) is 22.3 Å². The maximum atomic E-state index is 2.22. The van der Waals surface area contributed by atoms with Crippen molar-refractivity contribution in [2.45, 2.75) is 179 Å². The van der Waals surface area contributed by atoms with Crippen LogP contribution in [-0.2, 0) is 12.8 Å². The molecule has 0 atom stereocenters. The van der Waals surface area contributed by atoms with E-state index in [-0.39, 0.29) is 0 Å². The number of hydrogen-bond donors (Lipinski definition) is 0. The molecule has 0 nitrogen and oxygen atoms in total. The van der Waals surface area contributed by atoms with Crippen LogP contribution in [0, 0.1) is 0 Å². The first-order valence-electron chi connectivity index (χ1n) is 25.2. The first-order chi connectivity index (χ1) is 30.9. The summed E-state index contributed by atoms with van der Waals surface area (Å²) in [5, 5.41) is 0. The van der Waals surface area contributed by atoms with Gasteiger partial charge in [0, 0.05) is 0 Å². The molecular weight excluding hydrogens is 745 g/mol. The molecule has 0 radical (unpaired) electrons. The van der Waals surface area contributed by atoms with E-state index in [1.54, 1.807) is 0 Å². The molecule has 2 aliphatic carbocycles. The van der Waals surface area contributed by atoms with Gasteiger partial charge in [-0.15, -0.1) is 0 Å². The third-order valence-corrected chi connectivity index (χ3v) is 6.74. The monoisotopic (exact) mass is 849 g/mol. The summed E-state index contributed by atoms with van der Waals surface area (Å²) in [5.74, 6) is 0. The van der Waals surface area contributed by atoms with Crippen molar-refractivity contribution in [2.75, 3.05) is 0 Å². The average molecular weight is 850 g/mol. The molecule has 2 aliphatic rings. The van der Waals surface area contributed by atoms with Crippen LogP contribution >= 0.6 is 0 Å². The van der Waals surface area contributed by atoms with Crippen molar-refractivity contribution >= 4 is 0 Å². The molecule has 0 aromatic heterocycles. The molecule has 8 rings (SSSR count). The molecule has 0 amide bonds. The van der Waals surface area contributed by atoms with Gasteiger partial charge >= 0.3 is 0 Å². The SMILES string of the molecule is CC.CC.CC.CC.CC.CC.CC.CC.CC.CC.CC.CC.c1ccc2c(c1)Cc1ccccc1-2.c1ccc2c(c1)Cc1ccccc1-2.c1ccccc1.c1ccccc1. The summed E-state index contributed by atoms with van der Waals surface area (Å²) in [5.41, 5.74) is 11.5. The van der Waals surface area contributed by atoms with Gasteiger partial charge in [-0.2, -0.15) is 0 Å². The lowest BCUT2D eigenvalue weighted by atomic mass is 10.1. The maximum absolute atomic E-state index is 2.22. The molecule has 0 aliphatic heterocycles. The highest BCUT2D eigenvalue weighted by Crippen LogP contribution is 2.36. The maximum Gasteiger partial charge on any atom is -0.00135 e. The molecule has 0 fully saturated rings. The molecule has 0 spiro atoms. The van der Waals surface area contributed by atoms with Gasteiger partial charge in [-0.05, 0) is 57.3 Å². The Morgan fingerprint density at radius 1 is 0.161 bits per heavy atom. The highest BCUT2D eigenvalue weighted by Gasteiger charge is 2.16. The summed E-state index contributed by atoms with van der Waals surface area (Å²) in [6.45, 7) is 48.0. The van der Waals surface area contributed by atoms with E-state index in [2.05, 4.69) is 97.1 Å². The van der Waals surface area contributed by atoms with Crippen molar-refractivity contribution in [1.82, 2.24) is 0 Å². The van der Waals surface area contributed by atoms with Crippen LogP contribution in [0.4, 0.5) is 0 Å². The molecule has 0 saturated heterocycles. The largest absolute Gasteiger partial charge is 0.0683 e. The van der Waals surface area contributed by atoms with E-state index < -0.39 is 0 Å². The molecule has 0 heteroatoms. The third-order valence-electron chi connectivity index (χ3n) is 6.74. The number of fused-ring (bicyclic) bond motifs is 6. The Balaban J connectivity index is -0.0000000924. The van der Waals surface area contributed by atoms with Crippen molar-refractivity contribution in [3.63, 3.8) is 0 Å². The predicted molar refractivity (Wildman–Crippen MR) is 298 cm³/mol. The van der Waals surface area contributed by atoms with Crippen LogP contribution in [0.25, 0.3) is 22.3 Å². The van der Waals surface area contributed by atoms with Crippen molar-refractivity contribution in [3.05, 3.63) is 192 Å². The smallest absolute Gasteiger partial charge is 0.00135 e. The zero-order valence-corrected chi connectivity index (χ0v) is 45.6. The lowest BCUT2D eigenvalue weighted by Crippen LogP contribution is -1.77. The normalized spacial score (nSPS) is 7.87.